The Morgan fingerprint density at radius 2 is 2.17 bits per heavy atom. The van der Waals surface area contributed by atoms with Gasteiger partial charge in [0.25, 0.3) is 0 Å². The van der Waals surface area contributed by atoms with Gasteiger partial charge in [-0.1, -0.05) is 13.0 Å². The Hall–Kier alpha value is -1.16. The molecule has 2 rings (SSSR count). The average molecular weight is 263 g/mol. The first-order chi connectivity index (χ1) is 8.69. The average Bonchev–Trinajstić information content (AvgIpc) is 3.15. The fraction of sp³-hybridized carbons (Fsp3) is 0.500. The standard InChI is InChI=1S/C14H21N3S/c1-3-17(10-8-9-10)11-6-5-7-12(18-4-2)13(11)14(15)16/h5-7,10H,3-4,8-9H2,1-2H3,(H3,15,16). The van der Waals surface area contributed by atoms with E-state index in [1.54, 1.807) is 11.8 Å². The molecule has 1 saturated carbocycles. The molecule has 0 atom stereocenters. The van der Waals surface area contributed by atoms with Crippen molar-refractivity contribution in [1.29, 1.82) is 5.41 Å². The molecule has 0 spiro atoms. The molecule has 1 aromatic rings. The summed E-state index contributed by atoms with van der Waals surface area (Å²) in [4.78, 5) is 3.51. The number of hydrogen-bond donors (Lipinski definition) is 2. The van der Waals surface area contributed by atoms with Crippen LogP contribution in [0.2, 0.25) is 0 Å². The molecule has 0 amide bonds. The first kappa shape index (κ1) is 13.3. The van der Waals surface area contributed by atoms with Crippen molar-refractivity contribution < 1.29 is 0 Å². The summed E-state index contributed by atoms with van der Waals surface area (Å²) in [5.41, 5.74) is 7.85. The number of nitrogens with two attached hydrogens (primary N) is 1. The van der Waals surface area contributed by atoms with Gasteiger partial charge in [-0.25, -0.2) is 0 Å². The molecule has 0 unspecified atom stereocenters. The van der Waals surface area contributed by atoms with E-state index < -0.39 is 0 Å². The van der Waals surface area contributed by atoms with E-state index in [9.17, 15) is 0 Å². The molecule has 1 fully saturated rings. The highest BCUT2D eigenvalue weighted by atomic mass is 32.2. The quantitative estimate of drug-likeness (QED) is 0.471. The molecule has 1 aromatic carbocycles. The van der Waals surface area contributed by atoms with Crippen LogP contribution in [-0.4, -0.2) is 24.2 Å². The molecule has 0 aromatic heterocycles. The van der Waals surface area contributed by atoms with E-state index >= 15 is 0 Å². The van der Waals surface area contributed by atoms with Crippen LogP contribution in [0.1, 0.15) is 32.3 Å². The predicted octanol–water partition coefficient (Wildman–Crippen LogP) is 3.07. The van der Waals surface area contributed by atoms with Gasteiger partial charge in [0.15, 0.2) is 0 Å². The summed E-state index contributed by atoms with van der Waals surface area (Å²) >= 11 is 1.76. The first-order valence-corrected chi connectivity index (χ1v) is 7.54. The monoisotopic (exact) mass is 263 g/mol. The van der Waals surface area contributed by atoms with Crippen molar-refractivity contribution in [3.05, 3.63) is 23.8 Å². The van der Waals surface area contributed by atoms with Crippen LogP contribution >= 0.6 is 11.8 Å². The SMILES string of the molecule is CCSc1cccc(N(CC)C2CC2)c1C(=N)N. The normalized spacial score (nSPS) is 14.6. The topological polar surface area (TPSA) is 53.1 Å². The van der Waals surface area contributed by atoms with E-state index in [0.29, 0.717) is 6.04 Å². The molecule has 4 heteroatoms. The number of nitrogens with one attached hydrogen (secondary N) is 1. The number of rotatable bonds is 6. The Balaban J connectivity index is 2.44. The minimum absolute atomic E-state index is 0.181. The number of benzene rings is 1. The van der Waals surface area contributed by atoms with Crippen molar-refractivity contribution in [3.8, 4) is 0 Å². The molecular weight excluding hydrogens is 242 g/mol. The lowest BCUT2D eigenvalue weighted by atomic mass is 10.1. The van der Waals surface area contributed by atoms with Gasteiger partial charge in [0, 0.05) is 23.2 Å². The third-order valence-corrected chi connectivity index (χ3v) is 4.15. The maximum absolute atomic E-state index is 7.86. The second-order valence-electron chi connectivity index (χ2n) is 4.51. The van der Waals surface area contributed by atoms with E-state index in [1.165, 1.54) is 12.8 Å². The molecule has 98 valence electrons. The largest absolute Gasteiger partial charge is 0.384 e. The lowest BCUT2D eigenvalue weighted by molar-refractivity contribution is 0.823. The number of amidine groups is 1. The fourth-order valence-corrected chi connectivity index (χ4v) is 3.16. The van der Waals surface area contributed by atoms with E-state index in [2.05, 4.69) is 36.9 Å². The van der Waals surface area contributed by atoms with Crippen molar-refractivity contribution in [1.82, 2.24) is 0 Å². The minimum Gasteiger partial charge on any atom is -0.384 e. The van der Waals surface area contributed by atoms with Gasteiger partial charge >= 0.3 is 0 Å². The highest BCUT2D eigenvalue weighted by Crippen LogP contribution is 2.36. The Bertz CT molecular complexity index is 441. The number of nitrogens with zero attached hydrogens (tertiary/aromatic N) is 1. The zero-order valence-electron chi connectivity index (χ0n) is 11.1. The van der Waals surface area contributed by atoms with Crippen molar-refractivity contribution >= 4 is 23.3 Å². The summed E-state index contributed by atoms with van der Waals surface area (Å²) in [6.07, 6.45) is 2.52. The van der Waals surface area contributed by atoms with Gasteiger partial charge < -0.3 is 10.6 Å². The highest BCUT2D eigenvalue weighted by molar-refractivity contribution is 7.99. The number of anilines is 1. The Labute approximate surface area is 113 Å². The summed E-state index contributed by atoms with van der Waals surface area (Å²) < 4.78 is 0. The third kappa shape index (κ3) is 2.64. The lowest BCUT2D eigenvalue weighted by Crippen LogP contribution is -2.28. The summed E-state index contributed by atoms with van der Waals surface area (Å²) in [6, 6.07) is 6.88. The van der Waals surface area contributed by atoms with E-state index in [4.69, 9.17) is 11.1 Å². The predicted molar refractivity (Wildman–Crippen MR) is 79.9 cm³/mol. The molecule has 0 aliphatic heterocycles. The zero-order valence-corrected chi connectivity index (χ0v) is 11.9. The molecule has 3 nitrogen and oxygen atoms in total. The molecule has 18 heavy (non-hydrogen) atoms. The Morgan fingerprint density at radius 1 is 1.44 bits per heavy atom. The maximum Gasteiger partial charge on any atom is 0.126 e. The van der Waals surface area contributed by atoms with Gasteiger partial charge in [0.2, 0.25) is 0 Å². The smallest absolute Gasteiger partial charge is 0.126 e. The first-order valence-electron chi connectivity index (χ1n) is 6.55. The van der Waals surface area contributed by atoms with Gasteiger partial charge in [-0.15, -0.1) is 11.8 Å². The molecule has 0 bridgehead atoms. The van der Waals surface area contributed by atoms with E-state index in [1.807, 2.05) is 0 Å². The van der Waals surface area contributed by atoms with Crippen LogP contribution in [0.3, 0.4) is 0 Å². The van der Waals surface area contributed by atoms with E-state index in [0.717, 1.165) is 28.4 Å². The Morgan fingerprint density at radius 3 is 2.67 bits per heavy atom. The lowest BCUT2D eigenvalue weighted by Gasteiger charge is -2.26. The fourth-order valence-electron chi connectivity index (χ4n) is 2.32. The summed E-state index contributed by atoms with van der Waals surface area (Å²) in [7, 11) is 0. The van der Waals surface area contributed by atoms with Crippen LogP contribution in [0.25, 0.3) is 0 Å². The van der Waals surface area contributed by atoms with Crippen molar-refractivity contribution in [3.63, 3.8) is 0 Å². The third-order valence-electron chi connectivity index (χ3n) is 3.21. The van der Waals surface area contributed by atoms with E-state index in [-0.39, 0.29) is 5.84 Å². The van der Waals surface area contributed by atoms with Crippen LogP contribution in [0.4, 0.5) is 5.69 Å². The molecule has 0 saturated heterocycles. The number of thioether (sulfide) groups is 1. The maximum atomic E-state index is 7.86. The van der Waals surface area contributed by atoms with Gasteiger partial charge in [-0.3, -0.25) is 5.41 Å². The van der Waals surface area contributed by atoms with Crippen LogP contribution in [-0.2, 0) is 0 Å². The minimum atomic E-state index is 0.181. The van der Waals surface area contributed by atoms with Crippen LogP contribution in [0.15, 0.2) is 23.1 Å². The highest BCUT2D eigenvalue weighted by Gasteiger charge is 2.30. The second-order valence-corrected chi connectivity index (χ2v) is 5.82. The van der Waals surface area contributed by atoms with Crippen molar-refractivity contribution in [2.24, 2.45) is 5.73 Å². The summed E-state index contributed by atoms with van der Waals surface area (Å²) in [5, 5.41) is 7.86. The molecule has 1 aliphatic rings. The van der Waals surface area contributed by atoms with Crippen LogP contribution < -0.4 is 10.6 Å². The second kappa shape index (κ2) is 5.65. The van der Waals surface area contributed by atoms with Gasteiger partial charge in [0.05, 0.1) is 5.56 Å². The summed E-state index contributed by atoms with van der Waals surface area (Å²) in [6.45, 7) is 5.27. The molecule has 1 aliphatic carbocycles. The van der Waals surface area contributed by atoms with Crippen LogP contribution in [0, 0.1) is 5.41 Å². The van der Waals surface area contributed by atoms with Crippen molar-refractivity contribution in [2.75, 3.05) is 17.2 Å². The van der Waals surface area contributed by atoms with Gasteiger partial charge in [-0.2, -0.15) is 0 Å². The Kier molecular flexibility index (Phi) is 4.17. The summed E-state index contributed by atoms with van der Waals surface area (Å²) in [5.74, 6) is 1.18. The van der Waals surface area contributed by atoms with Gasteiger partial charge in [-0.05, 0) is 37.7 Å². The van der Waals surface area contributed by atoms with Crippen molar-refractivity contribution in [2.45, 2.75) is 37.6 Å². The molecule has 0 radical (unpaired) electrons. The number of nitrogen functional groups attached to an aromatic ring is 1. The van der Waals surface area contributed by atoms with Gasteiger partial charge in [0.1, 0.15) is 5.84 Å². The number of hydrogen-bond acceptors (Lipinski definition) is 3. The zero-order chi connectivity index (χ0) is 13.1. The van der Waals surface area contributed by atoms with Crippen LogP contribution in [0.5, 0.6) is 0 Å². The molecular formula is C14H21N3S. The molecule has 0 heterocycles. The molecule has 3 N–H and O–H groups in total.